The molecule has 1 aliphatic rings. The molecule has 0 N–H and O–H groups in total. The van der Waals surface area contributed by atoms with Gasteiger partial charge < -0.3 is 9.47 Å². The lowest BCUT2D eigenvalue weighted by atomic mass is 10.1. The fourth-order valence-corrected chi connectivity index (χ4v) is 3.23. The maximum Gasteiger partial charge on any atom is 0.414 e. The van der Waals surface area contributed by atoms with E-state index in [1.54, 1.807) is 12.0 Å². The highest BCUT2D eigenvalue weighted by Crippen LogP contribution is 2.24. The highest BCUT2D eigenvalue weighted by molar-refractivity contribution is 5.89. The topological polar surface area (TPSA) is 42.7 Å². The summed E-state index contributed by atoms with van der Waals surface area (Å²) in [7, 11) is 1.62. The zero-order valence-corrected chi connectivity index (χ0v) is 15.1. The summed E-state index contributed by atoms with van der Waals surface area (Å²) in [6.07, 6.45) is 3.54. The van der Waals surface area contributed by atoms with Crippen LogP contribution in [0.3, 0.4) is 0 Å². The normalized spacial score (nSPS) is 16.3. The third-order valence-corrected chi connectivity index (χ3v) is 4.67. The summed E-state index contributed by atoms with van der Waals surface area (Å²) < 4.78 is 12.7. The lowest BCUT2D eigenvalue weighted by Crippen LogP contribution is -2.40. The molecule has 4 rings (SSSR count). The smallest absolute Gasteiger partial charge is 0.414 e. The van der Waals surface area contributed by atoms with Crippen LogP contribution in [0, 0.1) is 0 Å². The summed E-state index contributed by atoms with van der Waals surface area (Å²) in [4.78, 5) is 13.9. The number of anilines is 1. The van der Waals surface area contributed by atoms with E-state index in [4.69, 9.17) is 9.47 Å². The molecule has 1 saturated heterocycles. The highest BCUT2D eigenvalue weighted by Gasteiger charge is 2.34. The second-order valence-corrected chi connectivity index (χ2v) is 6.46. The van der Waals surface area contributed by atoms with Gasteiger partial charge in [-0.15, -0.1) is 0 Å². The molecule has 2 heterocycles. The predicted molar refractivity (Wildman–Crippen MR) is 103 cm³/mol. The van der Waals surface area contributed by atoms with E-state index >= 15 is 0 Å². The number of nitrogens with zero attached hydrogens (tertiary/aromatic N) is 2. The Balaban J connectivity index is 1.42. The lowest BCUT2D eigenvalue weighted by Gasteiger charge is -2.12. The second-order valence-electron chi connectivity index (χ2n) is 6.46. The molecule has 0 spiro atoms. The van der Waals surface area contributed by atoms with Crippen molar-refractivity contribution in [1.29, 1.82) is 0 Å². The minimum Gasteiger partial charge on any atom is -0.497 e. The monoisotopic (exact) mass is 361 g/mol. The van der Waals surface area contributed by atoms with Gasteiger partial charge in [-0.05, 0) is 35.4 Å². The number of benzene rings is 2. The highest BCUT2D eigenvalue weighted by atomic mass is 16.6. The molecule has 27 heavy (non-hydrogen) atoms. The number of carbonyl (C=O) groups is 1. The minimum atomic E-state index is -0.313. The zero-order valence-electron chi connectivity index (χ0n) is 15.1. The van der Waals surface area contributed by atoms with E-state index in [0.29, 0.717) is 13.1 Å². The maximum absolute atomic E-state index is 12.2. The Morgan fingerprint density at radius 1 is 1.00 bits per heavy atom. The summed E-state index contributed by atoms with van der Waals surface area (Å²) in [6.45, 7) is 1.14. The number of hydrogen-bond acceptors (Lipinski definition) is 3. The third-order valence-electron chi connectivity index (χ3n) is 4.67. The molecule has 5 nitrogen and oxygen atoms in total. The Morgan fingerprint density at radius 2 is 1.67 bits per heavy atom. The fourth-order valence-electron chi connectivity index (χ4n) is 3.23. The molecule has 5 heteroatoms. The van der Waals surface area contributed by atoms with Crippen molar-refractivity contribution in [1.82, 2.24) is 0 Å². The molecule has 0 saturated carbocycles. The molecule has 1 unspecified atom stereocenters. The molecular formula is C22H21N2O3+. The third kappa shape index (κ3) is 3.77. The van der Waals surface area contributed by atoms with Crippen LogP contribution in [0.25, 0.3) is 11.1 Å². The molecule has 1 aromatic heterocycles. The Kier molecular flexibility index (Phi) is 4.75. The summed E-state index contributed by atoms with van der Waals surface area (Å²) >= 11 is 0. The van der Waals surface area contributed by atoms with Crippen LogP contribution in [0.1, 0.15) is 0 Å². The predicted octanol–water partition coefficient (Wildman–Crippen LogP) is 3.68. The number of carbonyl (C=O) groups excluding carboxylic acids is 1. The molecule has 0 bridgehead atoms. The summed E-state index contributed by atoms with van der Waals surface area (Å²) in [6, 6.07) is 21.8. The van der Waals surface area contributed by atoms with Gasteiger partial charge in [-0.1, -0.05) is 30.3 Å². The van der Waals surface area contributed by atoms with Crippen molar-refractivity contribution in [3.63, 3.8) is 0 Å². The van der Waals surface area contributed by atoms with Crippen molar-refractivity contribution < 1.29 is 18.8 Å². The molecule has 2 aromatic carbocycles. The first-order valence-corrected chi connectivity index (χ1v) is 8.89. The van der Waals surface area contributed by atoms with Gasteiger partial charge in [0.25, 0.3) is 0 Å². The number of methoxy groups -OCH3 is 1. The molecule has 0 aliphatic carbocycles. The van der Waals surface area contributed by atoms with Gasteiger partial charge in [0.1, 0.15) is 5.75 Å². The van der Waals surface area contributed by atoms with Crippen LogP contribution in [0.5, 0.6) is 5.75 Å². The van der Waals surface area contributed by atoms with Gasteiger partial charge in [-0.25, -0.2) is 9.36 Å². The summed E-state index contributed by atoms with van der Waals surface area (Å²) in [5.74, 6) is 0.761. The van der Waals surface area contributed by atoms with Gasteiger partial charge in [0.2, 0.25) is 0 Å². The average molecular weight is 361 g/mol. The first-order chi connectivity index (χ1) is 13.2. The first kappa shape index (κ1) is 17.1. The standard InChI is InChI=1S/C22H21N2O3/c1-26-20-9-7-19(8-10-20)24-16-21(27-22(24)25)15-23-13-11-18(12-14-23)17-5-3-2-4-6-17/h2-14,21H,15-16H2,1H3/q+1. The van der Waals surface area contributed by atoms with Gasteiger partial charge in [0.15, 0.2) is 25.0 Å². The minimum absolute atomic E-state index is 0.188. The number of amides is 1. The lowest BCUT2D eigenvalue weighted by molar-refractivity contribution is -0.702. The Morgan fingerprint density at radius 3 is 2.33 bits per heavy atom. The number of rotatable bonds is 5. The van der Waals surface area contributed by atoms with Crippen LogP contribution in [0.4, 0.5) is 10.5 Å². The van der Waals surface area contributed by atoms with Gasteiger partial charge >= 0.3 is 6.09 Å². The van der Waals surface area contributed by atoms with E-state index in [-0.39, 0.29) is 12.2 Å². The van der Waals surface area contributed by atoms with Crippen LogP contribution in [0.2, 0.25) is 0 Å². The van der Waals surface area contributed by atoms with Gasteiger partial charge in [-0.2, -0.15) is 0 Å². The Bertz CT molecular complexity index is 909. The largest absolute Gasteiger partial charge is 0.497 e. The molecule has 1 fully saturated rings. The van der Waals surface area contributed by atoms with Crippen molar-refractivity contribution >= 4 is 11.8 Å². The van der Waals surface area contributed by atoms with E-state index < -0.39 is 0 Å². The van der Waals surface area contributed by atoms with Crippen LogP contribution < -0.4 is 14.2 Å². The van der Waals surface area contributed by atoms with Crippen molar-refractivity contribution in [2.45, 2.75) is 12.6 Å². The Labute approximate surface area is 158 Å². The molecule has 0 radical (unpaired) electrons. The summed E-state index contributed by atoms with van der Waals surface area (Å²) in [5, 5.41) is 0. The van der Waals surface area contributed by atoms with E-state index in [1.807, 2.05) is 59.4 Å². The number of pyridine rings is 1. The molecule has 1 atom stereocenters. The summed E-state index contributed by atoms with van der Waals surface area (Å²) in [5.41, 5.74) is 3.16. The van der Waals surface area contributed by atoms with Crippen LogP contribution in [0.15, 0.2) is 79.1 Å². The van der Waals surface area contributed by atoms with Crippen LogP contribution in [-0.2, 0) is 11.3 Å². The van der Waals surface area contributed by atoms with Crippen molar-refractivity contribution in [3.8, 4) is 16.9 Å². The van der Waals surface area contributed by atoms with Crippen molar-refractivity contribution in [2.24, 2.45) is 0 Å². The van der Waals surface area contributed by atoms with Gasteiger partial charge in [0, 0.05) is 17.8 Å². The van der Waals surface area contributed by atoms with E-state index in [1.165, 1.54) is 5.56 Å². The van der Waals surface area contributed by atoms with Gasteiger partial charge in [0.05, 0.1) is 13.7 Å². The molecule has 1 amide bonds. The average Bonchev–Trinajstić information content (AvgIpc) is 3.09. The SMILES string of the molecule is COc1ccc(N2CC(C[n+]3ccc(-c4ccccc4)cc3)OC2=O)cc1. The maximum atomic E-state index is 12.2. The quantitative estimate of drug-likeness (QED) is 0.651. The number of hydrogen-bond donors (Lipinski definition) is 0. The van der Waals surface area contributed by atoms with Crippen molar-refractivity contribution in [2.75, 3.05) is 18.6 Å². The number of ether oxygens (including phenoxy) is 2. The zero-order chi connectivity index (χ0) is 18.6. The van der Waals surface area contributed by atoms with Crippen LogP contribution in [-0.4, -0.2) is 25.9 Å². The Hall–Kier alpha value is -3.34. The number of aromatic nitrogens is 1. The molecule has 3 aromatic rings. The van der Waals surface area contributed by atoms with E-state index in [0.717, 1.165) is 17.0 Å². The van der Waals surface area contributed by atoms with Crippen LogP contribution >= 0.6 is 0 Å². The number of cyclic esters (lactones) is 1. The van der Waals surface area contributed by atoms with Crippen molar-refractivity contribution in [3.05, 3.63) is 79.1 Å². The fraction of sp³-hybridized carbons (Fsp3) is 0.182. The van der Waals surface area contributed by atoms with Gasteiger partial charge in [-0.3, -0.25) is 4.90 Å². The van der Waals surface area contributed by atoms with E-state index in [9.17, 15) is 4.79 Å². The molecular weight excluding hydrogens is 340 g/mol. The van der Waals surface area contributed by atoms with E-state index in [2.05, 4.69) is 24.3 Å². The first-order valence-electron chi connectivity index (χ1n) is 8.89. The molecule has 136 valence electrons. The second kappa shape index (κ2) is 7.50. The molecule has 1 aliphatic heterocycles.